The first-order valence-corrected chi connectivity index (χ1v) is 3.17. The molecule has 0 unspecified atom stereocenters. The summed E-state index contributed by atoms with van der Waals surface area (Å²) in [6, 6.07) is 6.49. The topological polar surface area (TPSA) is 40.5 Å². The summed E-state index contributed by atoms with van der Waals surface area (Å²) in [5, 5.41) is 17.4. The Morgan fingerprint density at radius 2 is 1.73 bits per heavy atom. The van der Waals surface area contributed by atoms with Gasteiger partial charge in [-0.3, -0.25) is 0 Å². The van der Waals surface area contributed by atoms with Gasteiger partial charge >= 0.3 is 7.12 Å². The third-order valence-corrected chi connectivity index (χ3v) is 1.38. The highest BCUT2D eigenvalue weighted by atomic mass is 16.4. The maximum Gasteiger partial charge on any atom is 0.488 e. The van der Waals surface area contributed by atoms with Crippen molar-refractivity contribution in [2.24, 2.45) is 0 Å². The molecule has 0 spiro atoms. The van der Waals surface area contributed by atoms with Crippen molar-refractivity contribution in [2.45, 2.75) is 0 Å². The second-order valence-electron chi connectivity index (χ2n) is 2.14. The molecule has 0 saturated heterocycles. The second-order valence-corrected chi connectivity index (χ2v) is 2.14. The van der Waals surface area contributed by atoms with Crippen LogP contribution in [0.2, 0.25) is 0 Å². The quantitative estimate of drug-likeness (QED) is 0.408. The highest BCUT2D eigenvalue weighted by Gasteiger charge is 2.08. The molecule has 0 amide bonds. The second kappa shape index (κ2) is 3.24. The number of hydrogen-bond donors (Lipinski definition) is 2. The summed E-state index contributed by atoms with van der Waals surface area (Å²) < 4.78 is 0. The molecule has 0 saturated carbocycles. The van der Waals surface area contributed by atoms with Crippen LogP contribution in [0.25, 0.3) is 0 Å². The van der Waals surface area contributed by atoms with Crippen LogP contribution in [-0.2, 0) is 0 Å². The third-order valence-electron chi connectivity index (χ3n) is 1.38. The molecule has 0 atom stereocenters. The van der Waals surface area contributed by atoms with E-state index in [0.29, 0.717) is 5.46 Å². The number of benzene rings is 1. The van der Waals surface area contributed by atoms with Crippen LogP contribution in [0, 0.1) is 12.3 Å². The SMILES string of the molecule is C#Cc1ccc(B(O)O)cc1. The summed E-state index contributed by atoms with van der Waals surface area (Å²) in [6.45, 7) is 0. The van der Waals surface area contributed by atoms with Gasteiger partial charge in [0.1, 0.15) is 0 Å². The summed E-state index contributed by atoms with van der Waals surface area (Å²) in [4.78, 5) is 0. The zero-order valence-electron chi connectivity index (χ0n) is 5.86. The molecule has 2 N–H and O–H groups in total. The van der Waals surface area contributed by atoms with Gasteiger partial charge in [-0.1, -0.05) is 18.1 Å². The summed E-state index contributed by atoms with van der Waals surface area (Å²) in [6.07, 6.45) is 5.10. The lowest BCUT2D eigenvalue weighted by atomic mass is 9.80. The van der Waals surface area contributed by atoms with Crippen molar-refractivity contribution in [3.63, 3.8) is 0 Å². The fourth-order valence-electron chi connectivity index (χ4n) is 0.751. The van der Waals surface area contributed by atoms with E-state index in [2.05, 4.69) is 5.92 Å². The van der Waals surface area contributed by atoms with Crippen molar-refractivity contribution in [3.8, 4) is 12.3 Å². The average Bonchev–Trinajstić information content (AvgIpc) is 2.05. The van der Waals surface area contributed by atoms with Crippen LogP contribution in [0.5, 0.6) is 0 Å². The number of hydrogen-bond acceptors (Lipinski definition) is 2. The van der Waals surface area contributed by atoms with Gasteiger partial charge in [-0.05, 0) is 17.6 Å². The largest absolute Gasteiger partial charge is 0.488 e. The lowest BCUT2D eigenvalue weighted by Crippen LogP contribution is -2.29. The van der Waals surface area contributed by atoms with E-state index in [0.717, 1.165) is 5.56 Å². The van der Waals surface area contributed by atoms with Gasteiger partial charge in [0.25, 0.3) is 0 Å². The Morgan fingerprint density at radius 3 is 2.09 bits per heavy atom. The fraction of sp³-hybridized carbons (Fsp3) is 0. The zero-order chi connectivity index (χ0) is 8.27. The lowest BCUT2D eigenvalue weighted by Gasteiger charge is -1.97. The molecule has 0 heterocycles. The molecule has 11 heavy (non-hydrogen) atoms. The standard InChI is InChI=1S/C8H7BO2/c1-2-7-3-5-8(6-4-7)9(10)11/h1,3-6,10-11H. The first-order chi connectivity index (χ1) is 5.24. The van der Waals surface area contributed by atoms with Crippen molar-refractivity contribution in [1.29, 1.82) is 0 Å². The Kier molecular flexibility index (Phi) is 2.32. The van der Waals surface area contributed by atoms with Gasteiger partial charge < -0.3 is 10.0 Å². The van der Waals surface area contributed by atoms with E-state index in [9.17, 15) is 0 Å². The molecule has 54 valence electrons. The normalized spacial score (nSPS) is 8.82. The first kappa shape index (κ1) is 7.87. The summed E-state index contributed by atoms with van der Waals surface area (Å²) in [5.74, 6) is 2.43. The Hall–Kier alpha value is -1.24. The van der Waals surface area contributed by atoms with E-state index in [4.69, 9.17) is 16.5 Å². The van der Waals surface area contributed by atoms with Gasteiger partial charge in [0, 0.05) is 5.56 Å². The van der Waals surface area contributed by atoms with E-state index < -0.39 is 7.12 Å². The van der Waals surface area contributed by atoms with Gasteiger partial charge in [-0.25, -0.2) is 0 Å². The van der Waals surface area contributed by atoms with E-state index in [1.165, 1.54) is 0 Å². The minimum absolute atomic E-state index is 0.448. The summed E-state index contributed by atoms with van der Waals surface area (Å²) in [5.41, 5.74) is 1.18. The molecule has 0 aromatic heterocycles. The number of rotatable bonds is 1. The van der Waals surface area contributed by atoms with Crippen LogP contribution < -0.4 is 5.46 Å². The molecule has 2 nitrogen and oxygen atoms in total. The molecule has 3 heteroatoms. The van der Waals surface area contributed by atoms with Crippen LogP contribution >= 0.6 is 0 Å². The van der Waals surface area contributed by atoms with Crippen molar-refractivity contribution >= 4 is 12.6 Å². The number of terminal acetylenes is 1. The lowest BCUT2D eigenvalue weighted by molar-refractivity contribution is 0.426. The molecule has 1 rings (SSSR count). The summed E-state index contributed by atoms with van der Waals surface area (Å²) in [7, 11) is -1.41. The average molecular weight is 146 g/mol. The molecule has 0 aliphatic rings. The maximum atomic E-state index is 8.69. The molecule has 1 aromatic rings. The molecule has 0 fully saturated rings. The zero-order valence-corrected chi connectivity index (χ0v) is 5.86. The van der Waals surface area contributed by atoms with Gasteiger partial charge in [-0.15, -0.1) is 6.42 Å². The molecule has 0 radical (unpaired) electrons. The predicted octanol–water partition coefficient (Wildman–Crippen LogP) is -0.652. The van der Waals surface area contributed by atoms with Crippen molar-refractivity contribution in [2.75, 3.05) is 0 Å². The van der Waals surface area contributed by atoms with Crippen molar-refractivity contribution in [1.82, 2.24) is 0 Å². The molecule has 1 aromatic carbocycles. The van der Waals surface area contributed by atoms with Crippen molar-refractivity contribution in [3.05, 3.63) is 29.8 Å². The Bertz CT molecular complexity index is 271. The Labute approximate surface area is 65.6 Å². The minimum atomic E-state index is -1.41. The Morgan fingerprint density at radius 1 is 1.18 bits per heavy atom. The Balaban J connectivity index is 2.94. The van der Waals surface area contributed by atoms with E-state index in [-0.39, 0.29) is 0 Å². The summed E-state index contributed by atoms with van der Waals surface area (Å²) >= 11 is 0. The highest BCUT2D eigenvalue weighted by molar-refractivity contribution is 6.58. The molecular weight excluding hydrogens is 139 g/mol. The van der Waals surface area contributed by atoms with Gasteiger partial charge in [0.2, 0.25) is 0 Å². The minimum Gasteiger partial charge on any atom is -0.423 e. The van der Waals surface area contributed by atoms with Crippen LogP contribution in [0.3, 0.4) is 0 Å². The highest BCUT2D eigenvalue weighted by Crippen LogP contribution is 1.93. The predicted molar refractivity (Wildman–Crippen MR) is 44.2 cm³/mol. The monoisotopic (exact) mass is 146 g/mol. The van der Waals surface area contributed by atoms with E-state index in [1.54, 1.807) is 24.3 Å². The van der Waals surface area contributed by atoms with Gasteiger partial charge in [0.05, 0.1) is 0 Å². The van der Waals surface area contributed by atoms with Gasteiger partial charge in [0.15, 0.2) is 0 Å². The van der Waals surface area contributed by atoms with E-state index in [1.807, 2.05) is 0 Å². The van der Waals surface area contributed by atoms with Gasteiger partial charge in [-0.2, -0.15) is 0 Å². The fourth-order valence-corrected chi connectivity index (χ4v) is 0.751. The van der Waals surface area contributed by atoms with Crippen LogP contribution in [0.1, 0.15) is 5.56 Å². The van der Waals surface area contributed by atoms with Crippen LogP contribution in [0.4, 0.5) is 0 Å². The van der Waals surface area contributed by atoms with E-state index >= 15 is 0 Å². The molecule has 0 aliphatic carbocycles. The smallest absolute Gasteiger partial charge is 0.423 e. The van der Waals surface area contributed by atoms with Crippen LogP contribution in [-0.4, -0.2) is 17.2 Å². The first-order valence-electron chi connectivity index (χ1n) is 3.17. The third kappa shape index (κ3) is 1.84. The van der Waals surface area contributed by atoms with Crippen LogP contribution in [0.15, 0.2) is 24.3 Å². The molecular formula is C8H7BO2. The van der Waals surface area contributed by atoms with Crippen molar-refractivity contribution < 1.29 is 10.0 Å². The molecule has 0 bridgehead atoms. The molecule has 0 aliphatic heterocycles. The maximum absolute atomic E-state index is 8.69.